The first-order valence-corrected chi connectivity index (χ1v) is 8.68. The van der Waals surface area contributed by atoms with Gasteiger partial charge in [0.15, 0.2) is 0 Å². The smallest absolute Gasteiger partial charge is 0.310 e. The number of anilines is 1. The van der Waals surface area contributed by atoms with E-state index in [2.05, 4.69) is 0 Å². The molecule has 1 unspecified atom stereocenters. The van der Waals surface area contributed by atoms with Gasteiger partial charge >= 0.3 is 5.97 Å². The molecule has 2 aromatic rings. The van der Waals surface area contributed by atoms with Crippen molar-refractivity contribution in [2.45, 2.75) is 20.3 Å². The maximum atomic E-state index is 12.9. The molecule has 1 aliphatic heterocycles. The fraction of sp³-hybridized carbons (Fsp3) is 0.400. The second kappa shape index (κ2) is 6.84. The van der Waals surface area contributed by atoms with Crippen LogP contribution >= 0.6 is 0 Å². The second-order valence-corrected chi connectivity index (χ2v) is 6.96. The predicted octanol–water partition coefficient (Wildman–Crippen LogP) is 2.99. The molecule has 0 bridgehead atoms. The summed E-state index contributed by atoms with van der Waals surface area (Å²) in [6.07, 6.45) is 0.579. The summed E-state index contributed by atoms with van der Waals surface area (Å²) < 4.78 is 0. The van der Waals surface area contributed by atoms with E-state index in [0.717, 1.165) is 16.5 Å². The van der Waals surface area contributed by atoms with Crippen molar-refractivity contribution in [3.05, 3.63) is 42.5 Å². The molecule has 0 spiro atoms. The van der Waals surface area contributed by atoms with E-state index in [9.17, 15) is 14.7 Å². The molecule has 25 heavy (non-hydrogen) atoms. The number of hydrogen-bond donors (Lipinski definition) is 1. The minimum Gasteiger partial charge on any atom is -0.481 e. The van der Waals surface area contributed by atoms with Gasteiger partial charge in [-0.25, -0.2) is 0 Å². The van der Waals surface area contributed by atoms with Gasteiger partial charge in [0.2, 0.25) is 5.91 Å². The van der Waals surface area contributed by atoms with Gasteiger partial charge < -0.3 is 10.0 Å². The van der Waals surface area contributed by atoms with Gasteiger partial charge in [-0.2, -0.15) is 0 Å². The highest BCUT2D eigenvalue weighted by molar-refractivity contribution is 6.04. The summed E-state index contributed by atoms with van der Waals surface area (Å²) in [4.78, 5) is 28.0. The SMILES string of the molecule is CCN(C(=O)CN1CCC(C)(C(=O)O)C1)c1cccc2ccccc12. The molecule has 1 fully saturated rings. The minimum atomic E-state index is -0.788. The Morgan fingerprint density at radius 2 is 1.92 bits per heavy atom. The van der Waals surface area contributed by atoms with Gasteiger partial charge in [0, 0.05) is 18.5 Å². The molecule has 132 valence electrons. The van der Waals surface area contributed by atoms with E-state index in [1.54, 1.807) is 11.8 Å². The Bertz CT molecular complexity index is 799. The number of rotatable bonds is 5. The number of carboxylic acid groups (broad SMARTS) is 1. The number of benzene rings is 2. The van der Waals surface area contributed by atoms with Crippen molar-refractivity contribution < 1.29 is 14.7 Å². The zero-order chi connectivity index (χ0) is 18.0. The monoisotopic (exact) mass is 340 g/mol. The van der Waals surface area contributed by atoms with Crippen LogP contribution in [0.3, 0.4) is 0 Å². The summed E-state index contributed by atoms with van der Waals surface area (Å²) in [5, 5.41) is 11.5. The number of carbonyl (C=O) groups is 2. The third kappa shape index (κ3) is 3.37. The van der Waals surface area contributed by atoms with E-state index >= 15 is 0 Å². The third-order valence-corrected chi connectivity index (χ3v) is 5.10. The molecule has 1 amide bonds. The predicted molar refractivity (Wildman–Crippen MR) is 98.8 cm³/mol. The standard InChI is InChI=1S/C20H24N2O3/c1-3-22(17-10-6-8-15-7-4-5-9-16(15)17)18(23)13-21-12-11-20(2,14-21)19(24)25/h4-10H,3,11-14H2,1-2H3,(H,24,25). The molecule has 5 nitrogen and oxygen atoms in total. The Kier molecular flexibility index (Phi) is 4.77. The first-order chi connectivity index (χ1) is 11.9. The molecular weight excluding hydrogens is 316 g/mol. The quantitative estimate of drug-likeness (QED) is 0.909. The Balaban J connectivity index is 1.79. The number of likely N-dealkylation sites (tertiary alicyclic amines) is 1. The highest BCUT2D eigenvalue weighted by Crippen LogP contribution is 2.31. The van der Waals surface area contributed by atoms with Crippen LogP contribution in [0, 0.1) is 5.41 Å². The number of amides is 1. The molecule has 3 rings (SSSR count). The van der Waals surface area contributed by atoms with Gasteiger partial charge in [-0.1, -0.05) is 36.4 Å². The lowest BCUT2D eigenvalue weighted by Gasteiger charge is -2.26. The van der Waals surface area contributed by atoms with E-state index < -0.39 is 11.4 Å². The summed E-state index contributed by atoms with van der Waals surface area (Å²) >= 11 is 0. The summed E-state index contributed by atoms with van der Waals surface area (Å²) in [5.74, 6) is -0.780. The molecule has 0 radical (unpaired) electrons. The van der Waals surface area contributed by atoms with Crippen LogP contribution in [0.15, 0.2) is 42.5 Å². The number of fused-ring (bicyclic) bond motifs is 1. The third-order valence-electron chi connectivity index (χ3n) is 5.10. The maximum Gasteiger partial charge on any atom is 0.310 e. The van der Waals surface area contributed by atoms with Gasteiger partial charge in [-0.05, 0) is 38.3 Å². The number of carbonyl (C=O) groups excluding carboxylic acids is 1. The van der Waals surface area contributed by atoms with Crippen molar-refractivity contribution in [3.8, 4) is 0 Å². The molecular formula is C20H24N2O3. The van der Waals surface area contributed by atoms with E-state index in [1.165, 1.54) is 0 Å². The van der Waals surface area contributed by atoms with Crippen LogP contribution in [0.25, 0.3) is 10.8 Å². The average Bonchev–Trinajstić information content (AvgIpc) is 2.98. The second-order valence-electron chi connectivity index (χ2n) is 6.96. The largest absolute Gasteiger partial charge is 0.481 e. The molecule has 1 atom stereocenters. The molecule has 0 saturated carbocycles. The topological polar surface area (TPSA) is 60.9 Å². The Hall–Kier alpha value is -2.40. The highest BCUT2D eigenvalue weighted by Gasteiger charge is 2.41. The highest BCUT2D eigenvalue weighted by atomic mass is 16.4. The number of nitrogens with zero attached hydrogens (tertiary/aromatic N) is 2. The van der Waals surface area contributed by atoms with Crippen LogP contribution < -0.4 is 4.90 Å². The zero-order valence-electron chi connectivity index (χ0n) is 14.7. The first kappa shape index (κ1) is 17.4. The molecule has 2 aromatic carbocycles. The van der Waals surface area contributed by atoms with Gasteiger partial charge in [0.05, 0.1) is 17.6 Å². The Morgan fingerprint density at radius 3 is 2.60 bits per heavy atom. The van der Waals surface area contributed by atoms with E-state index in [4.69, 9.17) is 0 Å². The first-order valence-electron chi connectivity index (χ1n) is 8.68. The maximum absolute atomic E-state index is 12.9. The molecule has 1 heterocycles. The van der Waals surface area contributed by atoms with Crippen molar-refractivity contribution >= 4 is 28.3 Å². The van der Waals surface area contributed by atoms with Crippen LogP contribution in [0.1, 0.15) is 20.3 Å². The minimum absolute atomic E-state index is 0.00786. The molecule has 0 aromatic heterocycles. The van der Waals surface area contributed by atoms with Gasteiger partial charge in [0.25, 0.3) is 0 Å². The van der Waals surface area contributed by atoms with Crippen LogP contribution in [-0.4, -0.2) is 48.1 Å². The van der Waals surface area contributed by atoms with Gasteiger partial charge in [-0.3, -0.25) is 14.5 Å². The lowest BCUT2D eigenvalue weighted by molar-refractivity contribution is -0.147. The summed E-state index contributed by atoms with van der Waals surface area (Å²) in [6.45, 7) is 5.60. The zero-order valence-corrected chi connectivity index (χ0v) is 14.7. The van der Waals surface area contributed by atoms with Crippen molar-refractivity contribution in [1.82, 2.24) is 4.90 Å². The molecule has 1 aliphatic rings. The van der Waals surface area contributed by atoms with Crippen molar-refractivity contribution in [3.63, 3.8) is 0 Å². The fourth-order valence-corrected chi connectivity index (χ4v) is 3.57. The molecule has 5 heteroatoms. The van der Waals surface area contributed by atoms with E-state index in [0.29, 0.717) is 26.1 Å². The Morgan fingerprint density at radius 1 is 1.20 bits per heavy atom. The van der Waals surface area contributed by atoms with E-state index in [-0.39, 0.29) is 12.5 Å². The molecule has 1 saturated heterocycles. The lowest BCUT2D eigenvalue weighted by atomic mass is 9.90. The van der Waals surface area contributed by atoms with E-state index in [1.807, 2.05) is 54.3 Å². The number of hydrogen-bond acceptors (Lipinski definition) is 3. The normalized spacial score (nSPS) is 20.7. The summed E-state index contributed by atoms with van der Waals surface area (Å²) in [5.41, 5.74) is 0.155. The average molecular weight is 340 g/mol. The van der Waals surface area contributed by atoms with Crippen LogP contribution in [-0.2, 0) is 9.59 Å². The lowest BCUT2D eigenvalue weighted by Crippen LogP contribution is -2.41. The van der Waals surface area contributed by atoms with Crippen molar-refractivity contribution in [1.29, 1.82) is 0 Å². The number of aliphatic carboxylic acids is 1. The van der Waals surface area contributed by atoms with Crippen molar-refractivity contribution in [2.24, 2.45) is 5.41 Å². The fourth-order valence-electron chi connectivity index (χ4n) is 3.57. The van der Waals surface area contributed by atoms with Crippen LogP contribution in [0.4, 0.5) is 5.69 Å². The van der Waals surface area contributed by atoms with Crippen LogP contribution in [0.2, 0.25) is 0 Å². The molecule has 1 N–H and O–H groups in total. The number of likely N-dealkylation sites (N-methyl/N-ethyl adjacent to an activating group) is 1. The van der Waals surface area contributed by atoms with Gasteiger partial charge in [0.1, 0.15) is 0 Å². The van der Waals surface area contributed by atoms with Crippen molar-refractivity contribution in [2.75, 3.05) is 31.1 Å². The van der Waals surface area contributed by atoms with Crippen LogP contribution in [0.5, 0.6) is 0 Å². The number of carboxylic acids is 1. The summed E-state index contributed by atoms with van der Waals surface area (Å²) in [7, 11) is 0. The van der Waals surface area contributed by atoms with Gasteiger partial charge in [-0.15, -0.1) is 0 Å². The Labute approximate surface area is 147 Å². The summed E-state index contributed by atoms with van der Waals surface area (Å²) in [6, 6.07) is 14.0. The molecule has 0 aliphatic carbocycles.